The fourth-order valence-corrected chi connectivity index (χ4v) is 2.64. The molecule has 0 fully saturated rings. The van der Waals surface area contributed by atoms with Gasteiger partial charge in [-0.15, -0.1) is 0 Å². The Bertz CT molecular complexity index is 956. The molecule has 0 saturated heterocycles. The Kier molecular flexibility index (Phi) is 6.17. The summed E-state index contributed by atoms with van der Waals surface area (Å²) >= 11 is 0. The van der Waals surface area contributed by atoms with Gasteiger partial charge in [0, 0.05) is 13.7 Å². The van der Waals surface area contributed by atoms with Gasteiger partial charge in [0.25, 0.3) is 11.5 Å². The van der Waals surface area contributed by atoms with E-state index in [1.54, 1.807) is 42.3 Å². The summed E-state index contributed by atoms with van der Waals surface area (Å²) in [6.45, 7) is 0.796. The summed E-state index contributed by atoms with van der Waals surface area (Å²) < 4.78 is 10.6. The second kappa shape index (κ2) is 8.95. The minimum atomic E-state index is -0.227. The van der Waals surface area contributed by atoms with Crippen LogP contribution in [0.25, 0.3) is 10.9 Å². The molecule has 1 amide bonds. The normalized spacial score (nSPS) is 10.7. The summed E-state index contributed by atoms with van der Waals surface area (Å²) in [6.07, 6.45) is 0. The van der Waals surface area contributed by atoms with Crippen molar-refractivity contribution in [1.29, 1.82) is 0 Å². The van der Waals surface area contributed by atoms with Crippen LogP contribution in [0.3, 0.4) is 0 Å². The summed E-state index contributed by atoms with van der Waals surface area (Å²) in [5, 5.41) is 0.517. The van der Waals surface area contributed by atoms with Gasteiger partial charge in [0.1, 0.15) is 11.6 Å². The lowest BCUT2D eigenvalue weighted by molar-refractivity contribution is -0.134. The van der Waals surface area contributed by atoms with Gasteiger partial charge in [-0.3, -0.25) is 9.59 Å². The molecule has 0 bridgehead atoms. The van der Waals surface area contributed by atoms with Crippen molar-refractivity contribution in [2.24, 2.45) is 0 Å². The van der Waals surface area contributed by atoms with E-state index in [2.05, 4.69) is 9.97 Å². The SMILES string of the molecule is COCCN(Cc1nc2ccccc2c(=O)[nH]1)C(=O)COc1ccccc1. The molecule has 7 nitrogen and oxygen atoms in total. The van der Waals surface area contributed by atoms with Crippen molar-refractivity contribution < 1.29 is 14.3 Å². The van der Waals surface area contributed by atoms with Crippen molar-refractivity contribution in [2.75, 3.05) is 26.9 Å². The number of nitrogens with one attached hydrogen (secondary N) is 1. The topological polar surface area (TPSA) is 84.5 Å². The zero-order chi connectivity index (χ0) is 19.1. The summed E-state index contributed by atoms with van der Waals surface area (Å²) in [5.41, 5.74) is 0.367. The highest BCUT2D eigenvalue weighted by Gasteiger charge is 2.16. The van der Waals surface area contributed by atoms with Crippen molar-refractivity contribution in [2.45, 2.75) is 6.54 Å². The van der Waals surface area contributed by atoms with Crippen molar-refractivity contribution >= 4 is 16.8 Å². The molecule has 0 aliphatic carbocycles. The number of rotatable bonds is 8. The van der Waals surface area contributed by atoms with Crippen LogP contribution in [-0.4, -0.2) is 47.6 Å². The Balaban J connectivity index is 1.74. The summed E-state index contributed by atoms with van der Waals surface area (Å²) in [7, 11) is 1.57. The highest BCUT2D eigenvalue weighted by atomic mass is 16.5. The van der Waals surface area contributed by atoms with Gasteiger partial charge in [-0.05, 0) is 24.3 Å². The fourth-order valence-electron chi connectivity index (χ4n) is 2.64. The molecule has 0 saturated carbocycles. The Labute approximate surface area is 156 Å². The molecule has 0 aliphatic heterocycles. The second-order valence-electron chi connectivity index (χ2n) is 5.94. The first-order chi connectivity index (χ1) is 13.2. The monoisotopic (exact) mass is 367 g/mol. The number of amides is 1. The Morgan fingerprint density at radius 3 is 2.63 bits per heavy atom. The maximum atomic E-state index is 12.6. The summed E-state index contributed by atoms with van der Waals surface area (Å²) in [5.74, 6) is 0.823. The van der Waals surface area contributed by atoms with E-state index in [1.165, 1.54) is 0 Å². The number of H-pyrrole nitrogens is 1. The molecule has 1 heterocycles. The Morgan fingerprint density at radius 2 is 1.85 bits per heavy atom. The van der Waals surface area contributed by atoms with Gasteiger partial charge < -0.3 is 19.4 Å². The highest BCUT2D eigenvalue weighted by molar-refractivity contribution is 5.78. The molecule has 0 aliphatic rings. The average molecular weight is 367 g/mol. The van der Waals surface area contributed by atoms with E-state index in [0.29, 0.717) is 35.6 Å². The third-order valence-corrected chi connectivity index (χ3v) is 4.03. The summed E-state index contributed by atoms with van der Waals surface area (Å²) in [4.78, 5) is 33.6. The number of aromatic nitrogens is 2. The van der Waals surface area contributed by atoms with Gasteiger partial charge in [0.05, 0.1) is 24.1 Å². The number of benzene rings is 2. The maximum absolute atomic E-state index is 12.6. The summed E-state index contributed by atoms with van der Waals surface area (Å²) in [6, 6.07) is 16.2. The first-order valence-electron chi connectivity index (χ1n) is 8.60. The van der Waals surface area contributed by atoms with Crippen LogP contribution in [0.2, 0.25) is 0 Å². The van der Waals surface area contributed by atoms with Gasteiger partial charge in [-0.1, -0.05) is 30.3 Å². The van der Waals surface area contributed by atoms with E-state index in [9.17, 15) is 9.59 Å². The van der Waals surface area contributed by atoms with Crippen molar-refractivity contribution in [3.63, 3.8) is 0 Å². The maximum Gasteiger partial charge on any atom is 0.260 e. The molecule has 0 unspecified atom stereocenters. The number of carbonyl (C=O) groups is 1. The smallest absolute Gasteiger partial charge is 0.260 e. The third kappa shape index (κ3) is 4.92. The molecule has 140 valence electrons. The van der Waals surface area contributed by atoms with Gasteiger partial charge in [0.15, 0.2) is 6.61 Å². The predicted octanol–water partition coefficient (Wildman–Crippen LogP) is 1.98. The molecule has 2 aromatic carbocycles. The van der Waals surface area contributed by atoms with Crippen molar-refractivity contribution in [3.05, 3.63) is 70.8 Å². The first kappa shape index (κ1) is 18.6. The van der Waals surface area contributed by atoms with E-state index >= 15 is 0 Å². The van der Waals surface area contributed by atoms with Crippen LogP contribution in [0, 0.1) is 0 Å². The molecule has 27 heavy (non-hydrogen) atoms. The quantitative estimate of drug-likeness (QED) is 0.658. The van der Waals surface area contributed by atoms with Crippen LogP contribution in [0.1, 0.15) is 5.82 Å². The number of aromatic amines is 1. The van der Waals surface area contributed by atoms with Gasteiger partial charge in [-0.25, -0.2) is 4.98 Å². The Hall–Kier alpha value is -3.19. The lowest BCUT2D eigenvalue weighted by Crippen LogP contribution is -2.37. The highest BCUT2D eigenvalue weighted by Crippen LogP contribution is 2.10. The Morgan fingerprint density at radius 1 is 1.11 bits per heavy atom. The van der Waals surface area contributed by atoms with Gasteiger partial charge in [-0.2, -0.15) is 0 Å². The number of hydrogen-bond acceptors (Lipinski definition) is 5. The van der Waals surface area contributed by atoms with Crippen LogP contribution in [0.5, 0.6) is 5.75 Å². The number of fused-ring (bicyclic) bond motifs is 1. The van der Waals surface area contributed by atoms with Crippen LogP contribution in [0.4, 0.5) is 0 Å². The molecular weight excluding hydrogens is 346 g/mol. The van der Waals surface area contributed by atoms with E-state index in [4.69, 9.17) is 9.47 Å². The zero-order valence-electron chi connectivity index (χ0n) is 15.1. The number of carbonyl (C=O) groups excluding carboxylic acids is 1. The number of hydrogen-bond donors (Lipinski definition) is 1. The molecule has 0 atom stereocenters. The van der Waals surface area contributed by atoms with Crippen molar-refractivity contribution in [3.8, 4) is 5.75 Å². The van der Waals surface area contributed by atoms with Crippen LogP contribution in [0.15, 0.2) is 59.4 Å². The van der Waals surface area contributed by atoms with E-state index in [1.807, 2.05) is 24.3 Å². The molecule has 1 N–H and O–H groups in total. The first-order valence-corrected chi connectivity index (χ1v) is 8.60. The van der Waals surface area contributed by atoms with Gasteiger partial charge in [0.2, 0.25) is 0 Å². The average Bonchev–Trinajstić information content (AvgIpc) is 2.70. The number of para-hydroxylation sites is 2. The predicted molar refractivity (Wildman–Crippen MR) is 102 cm³/mol. The molecule has 7 heteroatoms. The zero-order valence-corrected chi connectivity index (χ0v) is 15.1. The largest absolute Gasteiger partial charge is 0.484 e. The fraction of sp³-hybridized carbons (Fsp3) is 0.250. The van der Waals surface area contributed by atoms with Crippen molar-refractivity contribution in [1.82, 2.24) is 14.9 Å². The van der Waals surface area contributed by atoms with Gasteiger partial charge >= 0.3 is 0 Å². The van der Waals surface area contributed by atoms with Crippen LogP contribution >= 0.6 is 0 Å². The molecule has 0 radical (unpaired) electrons. The lowest BCUT2D eigenvalue weighted by atomic mass is 10.2. The molecule has 0 spiro atoms. The number of methoxy groups -OCH3 is 1. The standard InChI is InChI=1S/C20H21N3O4/c1-26-12-11-23(19(24)14-27-15-7-3-2-4-8-15)13-18-21-17-10-6-5-9-16(17)20(25)22-18/h2-10H,11-14H2,1H3,(H,21,22,25). The second-order valence-corrected chi connectivity index (χ2v) is 5.94. The minimum Gasteiger partial charge on any atom is -0.484 e. The van der Waals surface area contributed by atoms with E-state index in [0.717, 1.165) is 0 Å². The van der Waals surface area contributed by atoms with E-state index in [-0.39, 0.29) is 24.6 Å². The molecule has 3 aromatic rings. The number of ether oxygens (including phenoxy) is 2. The molecular formula is C20H21N3O4. The number of nitrogens with zero attached hydrogens (tertiary/aromatic N) is 2. The van der Waals surface area contributed by atoms with Crippen LogP contribution < -0.4 is 10.3 Å². The van der Waals surface area contributed by atoms with E-state index < -0.39 is 0 Å². The third-order valence-electron chi connectivity index (χ3n) is 4.03. The molecule has 1 aromatic heterocycles. The minimum absolute atomic E-state index is 0.106. The lowest BCUT2D eigenvalue weighted by Gasteiger charge is -2.22. The molecule has 3 rings (SSSR count). The van der Waals surface area contributed by atoms with Crippen LogP contribution in [-0.2, 0) is 16.1 Å².